The van der Waals surface area contributed by atoms with Crippen molar-refractivity contribution in [3.05, 3.63) is 89.5 Å². The molecule has 0 N–H and O–H groups in total. The fourth-order valence-electron chi connectivity index (χ4n) is 3.22. The summed E-state index contributed by atoms with van der Waals surface area (Å²) in [5.74, 6) is 0. The van der Waals surface area contributed by atoms with E-state index < -0.39 is 75.8 Å². The number of hydrogen-bond donors (Lipinski definition) is 0. The molecule has 0 saturated heterocycles. The number of rotatable bonds is 5. The Balaban J connectivity index is 2.48. The van der Waals surface area contributed by atoms with Crippen molar-refractivity contribution in [3.63, 3.8) is 0 Å². The van der Waals surface area contributed by atoms with E-state index in [-0.39, 0.29) is 6.07 Å². The van der Waals surface area contributed by atoms with Crippen molar-refractivity contribution < 1.29 is 64.7 Å². The lowest BCUT2D eigenvalue weighted by Gasteiger charge is -2.40. The monoisotopic (exact) mass is 616 g/mol. The lowest BCUT2D eigenvalue weighted by molar-refractivity contribution is -0.138. The van der Waals surface area contributed by atoms with Crippen molar-refractivity contribution in [1.82, 2.24) is 0 Å². The molecular formula is C22H12F12O3S2. The predicted octanol–water partition coefficient (Wildman–Crippen LogP) is 8.81. The van der Waals surface area contributed by atoms with E-state index >= 15 is 0 Å². The summed E-state index contributed by atoms with van der Waals surface area (Å²) >= 11 is 0. The second-order valence-corrected chi connectivity index (χ2v) is 12.0. The number of hydrogen-bond acceptors (Lipinski definition) is 3. The Kier molecular flexibility index (Phi) is 7.79. The van der Waals surface area contributed by atoms with Gasteiger partial charge in [-0.1, -0.05) is 6.07 Å². The van der Waals surface area contributed by atoms with Crippen LogP contribution in [0.2, 0.25) is 0 Å². The van der Waals surface area contributed by atoms with Gasteiger partial charge in [0, 0.05) is 14.7 Å². The van der Waals surface area contributed by atoms with Crippen LogP contribution in [0.15, 0.2) is 87.5 Å². The van der Waals surface area contributed by atoms with Gasteiger partial charge < -0.3 is 0 Å². The van der Waals surface area contributed by atoms with Crippen LogP contribution in [0.1, 0.15) is 16.7 Å². The summed E-state index contributed by atoms with van der Waals surface area (Å²) < 4.78 is 189. The summed E-state index contributed by atoms with van der Waals surface area (Å²) in [7, 11) is -11.3. The van der Waals surface area contributed by atoms with Gasteiger partial charge >= 0.3 is 34.2 Å². The summed E-state index contributed by atoms with van der Waals surface area (Å²) in [4.78, 5) is -2.49. The molecule has 0 aliphatic rings. The maximum Gasteiger partial charge on any atom is 0.524 e. The molecule has 214 valence electrons. The lowest BCUT2D eigenvalue weighted by atomic mass is 10.2. The Morgan fingerprint density at radius 2 is 0.872 bits per heavy atom. The molecule has 0 fully saturated rings. The van der Waals surface area contributed by atoms with Crippen LogP contribution in [-0.4, -0.2) is 13.9 Å². The van der Waals surface area contributed by atoms with Crippen LogP contribution in [0, 0.1) is 0 Å². The number of benzene rings is 3. The fraction of sp³-hybridized carbons (Fsp3) is 0.182. The topological polar surface area (TPSA) is 43.4 Å². The SMILES string of the molecule is O=S(=O)(OS(c1ccc(C(F)(F)F)cc1)(c1ccc(C(F)(F)F)cc1)c1cccc(C(F)(F)F)c1)C(F)(F)F. The average Bonchev–Trinajstić information content (AvgIpc) is 2.80. The van der Waals surface area contributed by atoms with Crippen LogP contribution in [0.25, 0.3) is 0 Å². The molecule has 3 rings (SSSR count). The third-order valence-electron chi connectivity index (χ3n) is 5.00. The molecule has 0 bridgehead atoms. The molecule has 39 heavy (non-hydrogen) atoms. The van der Waals surface area contributed by atoms with Crippen LogP contribution < -0.4 is 0 Å². The van der Waals surface area contributed by atoms with E-state index in [4.69, 9.17) is 0 Å². The molecule has 3 nitrogen and oxygen atoms in total. The van der Waals surface area contributed by atoms with E-state index in [1.807, 2.05) is 0 Å². The molecule has 0 saturated carbocycles. The Morgan fingerprint density at radius 1 is 0.487 bits per heavy atom. The van der Waals surface area contributed by atoms with E-state index in [9.17, 15) is 61.1 Å². The Bertz CT molecular complexity index is 1360. The van der Waals surface area contributed by atoms with Gasteiger partial charge in [-0.2, -0.15) is 64.7 Å². The van der Waals surface area contributed by atoms with Crippen molar-refractivity contribution >= 4 is 20.4 Å². The molecule has 3 aromatic carbocycles. The zero-order chi connectivity index (χ0) is 29.7. The van der Waals surface area contributed by atoms with Crippen LogP contribution in [-0.2, 0) is 32.3 Å². The lowest BCUT2D eigenvalue weighted by Crippen LogP contribution is -2.27. The maximum atomic E-state index is 13.5. The van der Waals surface area contributed by atoms with Gasteiger partial charge in [-0.25, -0.2) is 0 Å². The molecule has 0 aliphatic carbocycles. The van der Waals surface area contributed by atoms with Crippen LogP contribution in [0.4, 0.5) is 52.7 Å². The molecular weight excluding hydrogens is 604 g/mol. The van der Waals surface area contributed by atoms with Crippen molar-refractivity contribution in [3.8, 4) is 0 Å². The average molecular weight is 616 g/mol. The first-order valence-corrected chi connectivity index (χ1v) is 12.9. The highest BCUT2D eigenvalue weighted by atomic mass is 32.3. The zero-order valence-corrected chi connectivity index (χ0v) is 20.1. The van der Waals surface area contributed by atoms with Gasteiger partial charge in [0.05, 0.1) is 16.7 Å². The Hall–Kier alpha value is -2.92. The minimum Gasteiger partial charge on any atom is -0.200 e. The van der Waals surface area contributed by atoms with Crippen molar-refractivity contribution in [1.29, 1.82) is 0 Å². The van der Waals surface area contributed by atoms with Gasteiger partial charge in [0.1, 0.15) is 0 Å². The van der Waals surface area contributed by atoms with E-state index in [0.717, 1.165) is 0 Å². The normalized spacial score (nSPS) is 14.4. The molecule has 0 spiro atoms. The second-order valence-electron chi connectivity index (χ2n) is 7.59. The smallest absolute Gasteiger partial charge is 0.200 e. The van der Waals surface area contributed by atoms with Gasteiger partial charge in [0.15, 0.2) is 0 Å². The van der Waals surface area contributed by atoms with E-state index in [2.05, 4.69) is 3.63 Å². The molecule has 0 heterocycles. The van der Waals surface area contributed by atoms with E-state index in [0.29, 0.717) is 66.7 Å². The molecule has 0 radical (unpaired) electrons. The highest BCUT2D eigenvalue weighted by Gasteiger charge is 2.53. The summed E-state index contributed by atoms with van der Waals surface area (Å²) in [6.07, 6.45) is -15.1. The van der Waals surface area contributed by atoms with E-state index in [1.54, 1.807) is 0 Å². The van der Waals surface area contributed by atoms with Gasteiger partial charge in [-0.15, -0.1) is 0 Å². The van der Waals surface area contributed by atoms with Crippen LogP contribution >= 0.6 is 10.3 Å². The van der Waals surface area contributed by atoms with Crippen molar-refractivity contribution in [2.45, 2.75) is 38.7 Å². The second kappa shape index (κ2) is 9.92. The highest BCUT2D eigenvalue weighted by molar-refractivity contribution is 8.33. The van der Waals surface area contributed by atoms with Gasteiger partial charge in [0.25, 0.3) is 0 Å². The molecule has 0 amide bonds. The largest absolute Gasteiger partial charge is 0.524 e. The van der Waals surface area contributed by atoms with Gasteiger partial charge in [0.2, 0.25) is 0 Å². The zero-order valence-electron chi connectivity index (χ0n) is 18.5. The first kappa shape index (κ1) is 30.6. The molecule has 0 aliphatic heterocycles. The fourth-order valence-corrected chi connectivity index (χ4v) is 7.97. The first-order chi connectivity index (χ1) is 17.6. The minimum absolute atomic E-state index is 0.205. The maximum absolute atomic E-state index is 13.5. The molecule has 17 heteroatoms. The molecule has 0 unspecified atom stereocenters. The predicted molar refractivity (Wildman–Crippen MR) is 113 cm³/mol. The summed E-state index contributed by atoms with van der Waals surface area (Å²) in [6.45, 7) is 0. The van der Waals surface area contributed by atoms with Crippen molar-refractivity contribution in [2.75, 3.05) is 0 Å². The molecule has 0 aromatic heterocycles. The summed E-state index contributed by atoms with van der Waals surface area (Å²) in [6, 6.07) is 5.16. The van der Waals surface area contributed by atoms with E-state index in [1.165, 1.54) is 0 Å². The summed E-state index contributed by atoms with van der Waals surface area (Å²) in [5.41, 5.74) is -10.4. The Labute approximate surface area is 213 Å². The standard InChI is InChI=1S/C22H12F12O3S2/c23-19(24,25)13-4-8-16(9-5-13)38(37-39(35,36)22(32,33)34,17-10-6-14(7-11-17)20(26,27)28)18-3-1-2-15(12-18)21(29,30)31/h1-12H. The van der Waals surface area contributed by atoms with Crippen LogP contribution in [0.5, 0.6) is 0 Å². The third kappa shape index (κ3) is 6.30. The highest BCUT2D eigenvalue weighted by Crippen LogP contribution is 2.71. The van der Waals surface area contributed by atoms with Crippen LogP contribution in [0.3, 0.4) is 0 Å². The van der Waals surface area contributed by atoms with Crippen molar-refractivity contribution in [2.24, 2.45) is 0 Å². The molecule has 0 atom stereocenters. The molecule has 3 aromatic rings. The quantitative estimate of drug-likeness (QED) is 0.213. The van der Waals surface area contributed by atoms with Gasteiger partial charge in [-0.05, 0) is 77.0 Å². The van der Waals surface area contributed by atoms with Gasteiger partial charge in [-0.3, -0.25) is 0 Å². The summed E-state index contributed by atoms with van der Waals surface area (Å²) in [5, 5.41) is 0. The Morgan fingerprint density at radius 3 is 1.21 bits per heavy atom. The third-order valence-corrected chi connectivity index (χ3v) is 9.89. The first-order valence-electron chi connectivity index (χ1n) is 9.97. The minimum atomic E-state index is -6.71. The number of halogens is 12. The number of alkyl halides is 12.